The Morgan fingerprint density at radius 3 is 2.60 bits per heavy atom. The van der Waals surface area contributed by atoms with E-state index in [9.17, 15) is 14.7 Å². The minimum atomic E-state index is -0.730. The minimum Gasteiger partial charge on any atom is -0.503 e. The van der Waals surface area contributed by atoms with Crippen molar-refractivity contribution >= 4 is 17.7 Å². The lowest BCUT2D eigenvalue weighted by atomic mass is 10.2. The van der Waals surface area contributed by atoms with Crippen LogP contribution in [0.2, 0.25) is 5.02 Å². The van der Waals surface area contributed by atoms with E-state index in [-0.39, 0.29) is 0 Å². The van der Waals surface area contributed by atoms with Crippen LogP contribution in [0, 0.1) is 0 Å². The van der Waals surface area contributed by atoms with Crippen LogP contribution in [-0.2, 0) is 0 Å². The van der Waals surface area contributed by atoms with Crippen molar-refractivity contribution < 1.29 is 5.11 Å². The smallest absolute Gasteiger partial charge is 0.271 e. The average molecular weight is 228 g/mol. The zero-order chi connectivity index (χ0) is 11.6. The maximum Gasteiger partial charge on any atom is 0.271 e. The molecule has 5 heteroatoms. The van der Waals surface area contributed by atoms with E-state index >= 15 is 0 Å². The molecule has 0 spiro atoms. The topological polar surface area (TPSA) is 70.2 Å². The van der Waals surface area contributed by atoms with E-state index in [0.29, 0.717) is 5.69 Å². The summed E-state index contributed by atoms with van der Waals surface area (Å²) in [4.78, 5) is 24.9. The normalized spacial score (nSPS) is 9.80. The highest BCUT2D eigenvalue weighted by molar-refractivity contribution is 6.31. The van der Waals surface area contributed by atoms with Crippen LogP contribution in [0.3, 0.4) is 0 Å². The van der Waals surface area contributed by atoms with Gasteiger partial charge in [0.25, 0.3) is 5.56 Å². The summed E-state index contributed by atoms with van der Waals surface area (Å²) >= 11 is 5.46. The second-order valence-electron chi connectivity index (χ2n) is 3.30. The molecule has 0 unspecified atom stereocenters. The number of aromatic hydroxyl groups is 1. The molecule has 0 aliphatic heterocycles. The van der Waals surface area contributed by atoms with Crippen molar-refractivity contribution in [3.63, 3.8) is 0 Å². The molecule has 0 aliphatic rings. The van der Waals surface area contributed by atoms with Crippen molar-refractivity contribution in [2.75, 3.05) is 0 Å². The van der Waals surface area contributed by atoms with Gasteiger partial charge in [0, 0.05) is 11.8 Å². The number of H-pyrrole nitrogens is 1. The van der Waals surface area contributed by atoms with Crippen LogP contribution in [0.5, 0.6) is 5.75 Å². The molecule has 80 valence electrons. The Labute approximate surface area is 90.9 Å². The first-order valence-corrected chi connectivity index (χ1v) is 4.60. The van der Waals surface area contributed by atoms with Crippen LogP contribution in [0.1, 0.15) is 19.5 Å². The number of hydrogen-bond donors (Lipinski definition) is 2. The maximum atomic E-state index is 11.3. The number of allylic oxidation sites excluding steroid dienone is 1. The number of aromatic nitrogens is 1. The average Bonchev–Trinajstić information content (AvgIpc) is 2.19. The number of aromatic amines is 1. The lowest BCUT2D eigenvalue weighted by Gasteiger charge is -1.88. The summed E-state index contributed by atoms with van der Waals surface area (Å²) in [6.07, 6.45) is 1.61. The summed E-state index contributed by atoms with van der Waals surface area (Å²) in [5, 5.41) is 8.73. The molecule has 4 nitrogen and oxygen atoms in total. The van der Waals surface area contributed by atoms with E-state index in [4.69, 9.17) is 11.6 Å². The van der Waals surface area contributed by atoms with E-state index in [1.54, 1.807) is 6.08 Å². The van der Waals surface area contributed by atoms with Crippen molar-refractivity contribution in [2.45, 2.75) is 13.8 Å². The molecule has 1 rings (SSSR count). The third-order valence-electron chi connectivity index (χ3n) is 1.63. The highest BCUT2D eigenvalue weighted by atomic mass is 35.5. The molecular weight excluding hydrogens is 218 g/mol. The highest BCUT2D eigenvalue weighted by Gasteiger charge is 2.06. The molecular formula is C10H10ClNO3. The Hall–Kier alpha value is -1.55. The Morgan fingerprint density at radius 1 is 1.47 bits per heavy atom. The molecule has 0 radical (unpaired) electrons. The molecule has 1 heterocycles. The minimum absolute atomic E-state index is 0.312. The maximum absolute atomic E-state index is 11.3. The third kappa shape index (κ3) is 2.70. The molecule has 15 heavy (non-hydrogen) atoms. The quantitative estimate of drug-likeness (QED) is 0.764. The van der Waals surface area contributed by atoms with Gasteiger partial charge in [-0.2, -0.15) is 0 Å². The molecule has 2 N–H and O–H groups in total. The first-order valence-electron chi connectivity index (χ1n) is 4.23. The molecule has 0 saturated carbocycles. The molecule has 0 fully saturated rings. The Bertz CT molecular complexity index is 488. The summed E-state index contributed by atoms with van der Waals surface area (Å²) in [5.41, 5.74) is -0.159. The van der Waals surface area contributed by atoms with Gasteiger partial charge in [0.15, 0.2) is 10.8 Å². The van der Waals surface area contributed by atoms with Crippen molar-refractivity contribution in [3.05, 3.63) is 42.9 Å². The number of rotatable bonds is 1. The molecule has 0 aromatic carbocycles. The van der Waals surface area contributed by atoms with Gasteiger partial charge in [0.1, 0.15) is 0 Å². The van der Waals surface area contributed by atoms with Gasteiger partial charge >= 0.3 is 0 Å². The standard InChI is InChI=1S/C10H10ClNO3/c1-5(2)3-6-4-7(13)9(14)8(11)10(15)12-6/h3-4H,1-2H3,(H,12,15)(H,13,14). The van der Waals surface area contributed by atoms with Gasteiger partial charge in [-0.25, -0.2) is 0 Å². The molecule has 1 aromatic rings. The summed E-state index contributed by atoms with van der Waals surface area (Å²) in [6, 6.07) is 1.12. The first-order chi connectivity index (χ1) is 6.91. The summed E-state index contributed by atoms with van der Waals surface area (Å²) in [7, 11) is 0. The van der Waals surface area contributed by atoms with E-state index < -0.39 is 21.8 Å². The van der Waals surface area contributed by atoms with Crippen LogP contribution < -0.4 is 11.0 Å². The zero-order valence-corrected chi connectivity index (χ0v) is 9.05. The van der Waals surface area contributed by atoms with Crippen LogP contribution in [0.25, 0.3) is 6.08 Å². The summed E-state index contributed by atoms with van der Waals surface area (Å²) < 4.78 is 0. The van der Waals surface area contributed by atoms with Crippen LogP contribution in [0.15, 0.2) is 21.2 Å². The van der Waals surface area contributed by atoms with Gasteiger partial charge in [-0.3, -0.25) is 9.59 Å². The molecule has 0 atom stereocenters. The second-order valence-corrected chi connectivity index (χ2v) is 3.68. The second kappa shape index (κ2) is 4.31. The van der Waals surface area contributed by atoms with Gasteiger partial charge in [-0.15, -0.1) is 0 Å². The predicted molar refractivity (Wildman–Crippen MR) is 59.3 cm³/mol. The van der Waals surface area contributed by atoms with Crippen LogP contribution >= 0.6 is 11.6 Å². The molecule has 0 bridgehead atoms. The molecule has 0 amide bonds. The molecule has 0 aliphatic carbocycles. The first kappa shape index (κ1) is 11.5. The zero-order valence-electron chi connectivity index (χ0n) is 8.30. The van der Waals surface area contributed by atoms with E-state index in [2.05, 4.69) is 4.98 Å². The Morgan fingerprint density at radius 2 is 2.07 bits per heavy atom. The van der Waals surface area contributed by atoms with E-state index in [1.807, 2.05) is 13.8 Å². The van der Waals surface area contributed by atoms with Crippen molar-refractivity contribution in [1.29, 1.82) is 0 Å². The monoisotopic (exact) mass is 227 g/mol. The number of halogens is 1. The summed E-state index contributed by atoms with van der Waals surface area (Å²) in [6.45, 7) is 3.63. The SMILES string of the molecule is CC(C)=Cc1cc(=O)c(O)c(Cl)c(=O)[nH]1. The van der Waals surface area contributed by atoms with Crippen molar-refractivity contribution in [3.8, 4) is 5.75 Å². The van der Waals surface area contributed by atoms with Gasteiger partial charge in [0.2, 0.25) is 5.43 Å². The highest BCUT2D eigenvalue weighted by Crippen LogP contribution is 2.11. The Kier molecular flexibility index (Phi) is 3.31. The third-order valence-corrected chi connectivity index (χ3v) is 1.98. The fourth-order valence-electron chi connectivity index (χ4n) is 1.04. The lowest BCUT2D eigenvalue weighted by Crippen LogP contribution is -2.03. The lowest BCUT2D eigenvalue weighted by molar-refractivity contribution is 0.470. The predicted octanol–water partition coefficient (Wildman–Crippen LogP) is 1.52. The molecule has 0 saturated heterocycles. The van der Waals surface area contributed by atoms with Gasteiger partial charge < -0.3 is 10.1 Å². The van der Waals surface area contributed by atoms with Gasteiger partial charge in [-0.1, -0.05) is 17.2 Å². The van der Waals surface area contributed by atoms with Gasteiger partial charge in [0.05, 0.1) is 0 Å². The fourth-order valence-corrected chi connectivity index (χ4v) is 1.18. The van der Waals surface area contributed by atoms with Crippen molar-refractivity contribution in [1.82, 2.24) is 4.98 Å². The Balaban J connectivity index is 3.65. The van der Waals surface area contributed by atoms with Gasteiger partial charge in [-0.05, 0) is 19.9 Å². The van der Waals surface area contributed by atoms with Crippen molar-refractivity contribution in [2.24, 2.45) is 0 Å². The number of nitrogens with one attached hydrogen (secondary N) is 1. The van der Waals surface area contributed by atoms with Crippen LogP contribution in [-0.4, -0.2) is 10.1 Å². The fraction of sp³-hybridized carbons (Fsp3) is 0.200. The van der Waals surface area contributed by atoms with Crippen LogP contribution in [0.4, 0.5) is 0 Å². The van der Waals surface area contributed by atoms with E-state index in [1.165, 1.54) is 0 Å². The van der Waals surface area contributed by atoms with E-state index in [0.717, 1.165) is 11.6 Å². The number of hydrogen-bond acceptors (Lipinski definition) is 3. The largest absolute Gasteiger partial charge is 0.503 e. The molecule has 1 aromatic heterocycles. The summed E-state index contributed by atoms with van der Waals surface area (Å²) in [5.74, 6) is -0.730.